The molecule has 2 aromatic carbocycles. The number of aryl methyl sites for hydroxylation is 1. The molecule has 154 valence electrons. The van der Waals surface area contributed by atoms with Gasteiger partial charge >= 0.3 is 0 Å². The van der Waals surface area contributed by atoms with Crippen LogP contribution in [0.1, 0.15) is 73.6 Å². The van der Waals surface area contributed by atoms with Gasteiger partial charge in [-0.05, 0) is 110 Å². The highest BCUT2D eigenvalue weighted by Gasteiger charge is 2.50. The molecular weight excluding hydrogens is 366 g/mol. The van der Waals surface area contributed by atoms with E-state index < -0.39 is 11.6 Å². The van der Waals surface area contributed by atoms with Crippen LogP contribution in [0, 0.1) is 35.8 Å². The molecule has 5 rings (SSSR count). The predicted octanol–water partition coefficient (Wildman–Crippen LogP) is 7.10. The molecular formula is C26H30F2O. The molecule has 0 bridgehead atoms. The van der Waals surface area contributed by atoms with Crippen LogP contribution >= 0.6 is 0 Å². The van der Waals surface area contributed by atoms with Gasteiger partial charge in [-0.2, -0.15) is 0 Å². The van der Waals surface area contributed by atoms with Crippen LogP contribution in [0.2, 0.25) is 0 Å². The normalized spacial score (nSPS) is 30.4. The Bertz CT molecular complexity index is 913. The zero-order chi connectivity index (χ0) is 20.2. The van der Waals surface area contributed by atoms with E-state index >= 15 is 0 Å². The van der Waals surface area contributed by atoms with Crippen molar-refractivity contribution in [3.8, 4) is 5.75 Å². The molecule has 1 nitrogen and oxygen atoms in total. The van der Waals surface area contributed by atoms with Gasteiger partial charge in [0.1, 0.15) is 24.0 Å². The van der Waals surface area contributed by atoms with Gasteiger partial charge in [0.25, 0.3) is 0 Å². The molecule has 0 aliphatic heterocycles. The average Bonchev–Trinajstić information content (AvgIpc) is 3.11. The van der Waals surface area contributed by atoms with Gasteiger partial charge < -0.3 is 4.74 Å². The summed E-state index contributed by atoms with van der Waals surface area (Å²) in [5, 5.41) is 0. The maximum Gasteiger partial charge on any atom is 0.129 e. The van der Waals surface area contributed by atoms with Gasteiger partial charge in [0.05, 0.1) is 0 Å². The van der Waals surface area contributed by atoms with Crippen molar-refractivity contribution in [1.82, 2.24) is 0 Å². The number of hydrogen-bond acceptors (Lipinski definition) is 1. The lowest BCUT2D eigenvalue weighted by Gasteiger charge is -2.49. The van der Waals surface area contributed by atoms with Crippen molar-refractivity contribution in [3.63, 3.8) is 0 Å². The second-order valence-electron chi connectivity index (χ2n) is 9.83. The first-order valence-electron chi connectivity index (χ1n) is 11.1. The van der Waals surface area contributed by atoms with Crippen LogP contribution in [0.25, 0.3) is 0 Å². The predicted molar refractivity (Wildman–Crippen MR) is 111 cm³/mol. The molecule has 3 heteroatoms. The number of ether oxygens (including phenoxy) is 1. The molecule has 29 heavy (non-hydrogen) atoms. The molecule has 0 spiro atoms. The molecule has 0 N–H and O–H groups in total. The molecule has 0 saturated heterocycles. The Morgan fingerprint density at radius 2 is 1.83 bits per heavy atom. The quantitative estimate of drug-likeness (QED) is 0.538. The van der Waals surface area contributed by atoms with Crippen LogP contribution in [0.5, 0.6) is 5.75 Å². The van der Waals surface area contributed by atoms with Gasteiger partial charge in [-0.15, -0.1) is 0 Å². The van der Waals surface area contributed by atoms with Crippen LogP contribution in [0.15, 0.2) is 30.3 Å². The Labute approximate surface area is 172 Å². The van der Waals surface area contributed by atoms with E-state index in [0.717, 1.165) is 24.0 Å². The summed E-state index contributed by atoms with van der Waals surface area (Å²) >= 11 is 0. The molecule has 2 aromatic rings. The fourth-order valence-corrected chi connectivity index (χ4v) is 6.59. The van der Waals surface area contributed by atoms with Gasteiger partial charge in [0.15, 0.2) is 0 Å². The minimum absolute atomic E-state index is 0.0583. The summed E-state index contributed by atoms with van der Waals surface area (Å²) in [4.78, 5) is 0. The molecule has 4 atom stereocenters. The molecule has 0 aromatic heterocycles. The van der Waals surface area contributed by atoms with Gasteiger partial charge in [0, 0.05) is 5.56 Å². The lowest BCUT2D eigenvalue weighted by molar-refractivity contribution is 0.0598. The van der Waals surface area contributed by atoms with Gasteiger partial charge in [-0.25, -0.2) is 8.78 Å². The highest BCUT2D eigenvalue weighted by atomic mass is 19.1. The minimum atomic E-state index is -0.517. The first-order valence-corrected chi connectivity index (χ1v) is 11.1. The summed E-state index contributed by atoms with van der Waals surface area (Å²) in [5.74, 6) is 2.20. The summed E-state index contributed by atoms with van der Waals surface area (Å²) in [6.45, 7) is 4.16. The molecule has 3 unspecified atom stereocenters. The van der Waals surface area contributed by atoms with Gasteiger partial charge in [0.2, 0.25) is 0 Å². The molecule has 2 saturated carbocycles. The van der Waals surface area contributed by atoms with Crippen LogP contribution in [0.4, 0.5) is 8.78 Å². The Morgan fingerprint density at radius 3 is 2.62 bits per heavy atom. The van der Waals surface area contributed by atoms with E-state index in [2.05, 4.69) is 19.1 Å². The monoisotopic (exact) mass is 396 g/mol. The Morgan fingerprint density at radius 1 is 1.03 bits per heavy atom. The van der Waals surface area contributed by atoms with Crippen molar-refractivity contribution in [1.29, 1.82) is 0 Å². The fraction of sp³-hybridized carbons (Fsp3) is 0.538. The number of rotatable bonds is 3. The third-order valence-corrected chi connectivity index (χ3v) is 8.23. The molecule has 0 heterocycles. The average molecular weight is 397 g/mol. The third-order valence-electron chi connectivity index (χ3n) is 8.23. The summed E-state index contributed by atoms with van der Waals surface area (Å²) in [6.07, 6.45) is 9.32. The molecule has 3 aliphatic rings. The van der Waals surface area contributed by atoms with Crippen molar-refractivity contribution in [2.75, 3.05) is 0 Å². The zero-order valence-electron chi connectivity index (χ0n) is 17.4. The Balaban J connectivity index is 1.33. The van der Waals surface area contributed by atoms with Crippen molar-refractivity contribution >= 4 is 0 Å². The summed E-state index contributed by atoms with van der Waals surface area (Å²) in [7, 11) is 0. The van der Waals surface area contributed by atoms with Crippen molar-refractivity contribution in [2.45, 2.75) is 71.3 Å². The van der Waals surface area contributed by atoms with Crippen LogP contribution in [-0.2, 0) is 13.0 Å². The fourth-order valence-electron chi connectivity index (χ4n) is 6.59. The summed E-state index contributed by atoms with van der Waals surface area (Å²) < 4.78 is 33.4. The first-order chi connectivity index (χ1) is 13.9. The highest BCUT2D eigenvalue weighted by Crippen LogP contribution is 2.60. The van der Waals surface area contributed by atoms with E-state index in [9.17, 15) is 8.78 Å². The zero-order valence-corrected chi connectivity index (χ0v) is 17.4. The standard InChI is InChI=1S/C26H30F2O/c1-16-24(27)12-17(13-25(16)28)15-29-19-6-8-20-18(14-19)5-7-22-21(20)9-11-26(2)10-3-4-23(22)26/h6,8,12-14,21-23H,3-5,7,9-11,15H2,1-2H3/t21?,22?,23?,26-/m0/s1. The number of benzene rings is 2. The third kappa shape index (κ3) is 3.27. The van der Waals surface area contributed by atoms with Gasteiger partial charge in [-0.3, -0.25) is 0 Å². The number of halogens is 2. The topological polar surface area (TPSA) is 9.23 Å². The van der Waals surface area contributed by atoms with Crippen LogP contribution in [-0.4, -0.2) is 0 Å². The van der Waals surface area contributed by atoms with Crippen molar-refractivity contribution in [3.05, 3.63) is 64.2 Å². The minimum Gasteiger partial charge on any atom is -0.489 e. The van der Waals surface area contributed by atoms with Crippen LogP contribution < -0.4 is 4.74 Å². The van der Waals surface area contributed by atoms with E-state index in [0.29, 0.717) is 16.9 Å². The van der Waals surface area contributed by atoms with Crippen molar-refractivity contribution in [2.24, 2.45) is 17.3 Å². The second-order valence-corrected chi connectivity index (χ2v) is 9.83. The van der Waals surface area contributed by atoms with E-state index in [-0.39, 0.29) is 12.2 Å². The van der Waals surface area contributed by atoms with Crippen molar-refractivity contribution < 1.29 is 13.5 Å². The molecule has 0 amide bonds. The highest BCUT2D eigenvalue weighted by molar-refractivity contribution is 5.41. The van der Waals surface area contributed by atoms with E-state index in [1.807, 2.05) is 6.07 Å². The lowest BCUT2D eigenvalue weighted by atomic mass is 9.56. The van der Waals surface area contributed by atoms with E-state index in [1.165, 1.54) is 68.7 Å². The number of fused-ring (bicyclic) bond motifs is 5. The maximum absolute atomic E-state index is 13.8. The number of hydrogen-bond donors (Lipinski definition) is 0. The second kappa shape index (κ2) is 7.11. The lowest BCUT2D eigenvalue weighted by Crippen LogP contribution is -2.39. The van der Waals surface area contributed by atoms with Gasteiger partial charge in [-0.1, -0.05) is 19.4 Å². The molecule has 2 fully saturated rings. The maximum atomic E-state index is 13.8. The SMILES string of the molecule is Cc1c(F)cc(COc2ccc3c(c2)CCC2C3CC[C@]3(C)CCCC23)cc1F. The first kappa shape index (κ1) is 19.1. The van der Waals surface area contributed by atoms with E-state index in [1.54, 1.807) is 0 Å². The van der Waals surface area contributed by atoms with Crippen LogP contribution in [0.3, 0.4) is 0 Å². The molecule has 3 aliphatic carbocycles. The van der Waals surface area contributed by atoms with E-state index in [4.69, 9.17) is 4.74 Å². The summed E-state index contributed by atoms with van der Waals surface area (Å²) in [5.41, 5.74) is 4.10. The Kier molecular flexibility index (Phi) is 4.68. The molecule has 0 radical (unpaired) electrons. The largest absolute Gasteiger partial charge is 0.489 e. The smallest absolute Gasteiger partial charge is 0.129 e. The Hall–Kier alpha value is -1.90. The summed E-state index contributed by atoms with van der Waals surface area (Å²) in [6, 6.07) is 9.19.